The number of aromatic nitrogens is 1. The molecule has 0 spiro atoms. The van der Waals surface area contributed by atoms with Crippen LogP contribution in [0.1, 0.15) is 22.4 Å². The minimum Gasteiger partial charge on any atom is -0.487 e. The molecule has 4 heteroatoms. The van der Waals surface area contributed by atoms with Gasteiger partial charge in [0, 0.05) is 11.9 Å². The summed E-state index contributed by atoms with van der Waals surface area (Å²) in [4.78, 5) is 4.31. The van der Waals surface area contributed by atoms with Gasteiger partial charge < -0.3 is 10.5 Å². The summed E-state index contributed by atoms with van der Waals surface area (Å²) in [5.41, 5.74) is 9.93. The number of hydrogen-bond acceptors (Lipinski definition) is 3. The second-order valence-corrected chi connectivity index (χ2v) is 4.63. The third-order valence-electron chi connectivity index (χ3n) is 3.18. The number of nitrogen functional groups attached to an aromatic ring is 1. The highest BCUT2D eigenvalue weighted by Crippen LogP contribution is 2.21. The molecule has 1 heterocycles. The maximum absolute atomic E-state index is 13.1. The first-order chi connectivity index (χ1) is 8.99. The fourth-order valence-electron chi connectivity index (χ4n) is 1.80. The van der Waals surface area contributed by atoms with Crippen molar-refractivity contribution >= 4 is 5.69 Å². The fraction of sp³-hybridized carbons (Fsp3) is 0.267. The Morgan fingerprint density at radius 3 is 2.63 bits per heavy atom. The first kappa shape index (κ1) is 13.3. The van der Waals surface area contributed by atoms with Crippen molar-refractivity contribution in [2.45, 2.75) is 27.4 Å². The van der Waals surface area contributed by atoms with Gasteiger partial charge in [-0.05, 0) is 55.7 Å². The fourth-order valence-corrected chi connectivity index (χ4v) is 1.80. The lowest BCUT2D eigenvalue weighted by Gasteiger charge is -2.11. The van der Waals surface area contributed by atoms with Gasteiger partial charge in [-0.2, -0.15) is 0 Å². The zero-order valence-corrected chi connectivity index (χ0v) is 11.3. The van der Waals surface area contributed by atoms with E-state index in [1.807, 2.05) is 13.8 Å². The molecule has 1 aromatic carbocycles. The minimum absolute atomic E-state index is 0.235. The normalized spacial score (nSPS) is 10.5. The molecule has 0 amide bonds. The van der Waals surface area contributed by atoms with Gasteiger partial charge in [-0.3, -0.25) is 4.98 Å². The highest BCUT2D eigenvalue weighted by molar-refractivity contribution is 5.53. The standard InChI is InChI=1S/C15H17FN2O/c1-9-6-12(4-5-13(9)16)19-8-14-11(3)15(17)10(2)7-18-14/h4-7H,8H2,1-3H3,(H2,17,18). The molecule has 0 saturated heterocycles. The van der Waals surface area contributed by atoms with E-state index in [2.05, 4.69) is 4.98 Å². The van der Waals surface area contributed by atoms with Crippen molar-refractivity contribution in [1.29, 1.82) is 0 Å². The summed E-state index contributed by atoms with van der Waals surface area (Å²) < 4.78 is 18.8. The van der Waals surface area contributed by atoms with Gasteiger partial charge in [-0.15, -0.1) is 0 Å². The molecule has 2 aromatic rings. The van der Waals surface area contributed by atoms with Gasteiger partial charge in [0.15, 0.2) is 0 Å². The number of nitrogens with zero attached hydrogens (tertiary/aromatic N) is 1. The highest BCUT2D eigenvalue weighted by atomic mass is 19.1. The Kier molecular flexibility index (Phi) is 3.69. The van der Waals surface area contributed by atoms with Crippen LogP contribution in [0.25, 0.3) is 0 Å². The predicted molar refractivity (Wildman–Crippen MR) is 73.6 cm³/mol. The van der Waals surface area contributed by atoms with Gasteiger partial charge in [0.2, 0.25) is 0 Å². The summed E-state index contributed by atoms with van der Waals surface area (Å²) in [5, 5.41) is 0. The number of rotatable bonds is 3. The molecule has 0 aliphatic heterocycles. The van der Waals surface area contributed by atoms with E-state index in [-0.39, 0.29) is 5.82 Å². The summed E-state index contributed by atoms with van der Waals surface area (Å²) in [6, 6.07) is 4.67. The zero-order chi connectivity index (χ0) is 14.0. The Bertz CT molecular complexity index is 611. The van der Waals surface area contributed by atoms with Gasteiger partial charge in [0.05, 0.1) is 5.69 Å². The molecule has 0 bridgehead atoms. The van der Waals surface area contributed by atoms with Crippen LogP contribution < -0.4 is 10.5 Å². The largest absolute Gasteiger partial charge is 0.487 e. The number of halogens is 1. The number of hydrogen-bond donors (Lipinski definition) is 1. The SMILES string of the molecule is Cc1cc(OCc2ncc(C)c(N)c2C)ccc1F. The molecule has 100 valence electrons. The van der Waals surface area contributed by atoms with E-state index in [0.717, 1.165) is 22.5 Å². The number of pyridine rings is 1. The van der Waals surface area contributed by atoms with Crippen LogP contribution in [0.2, 0.25) is 0 Å². The lowest BCUT2D eigenvalue weighted by atomic mass is 10.1. The number of nitrogens with two attached hydrogens (primary N) is 1. The molecule has 0 aliphatic carbocycles. The average molecular weight is 260 g/mol. The van der Waals surface area contributed by atoms with Crippen LogP contribution in [0.3, 0.4) is 0 Å². The molecule has 0 fully saturated rings. The first-order valence-corrected chi connectivity index (χ1v) is 6.08. The van der Waals surface area contributed by atoms with E-state index in [9.17, 15) is 4.39 Å². The van der Waals surface area contributed by atoms with Crippen molar-refractivity contribution in [3.05, 3.63) is 52.6 Å². The Balaban J connectivity index is 2.14. The second kappa shape index (κ2) is 5.26. The number of benzene rings is 1. The van der Waals surface area contributed by atoms with Gasteiger partial charge in [-0.1, -0.05) is 0 Å². The van der Waals surface area contributed by atoms with E-state index >= 15 is 0 Å². The summed E-state index contributed by atoms with van der Waals surface area (Å²) in [6.07, 6.45) is 1.73. The molecule has 0 unspecified atom stereocenters. The van der Waals surface area contributed by atoms with Gasteiger partial charge in [0.1, 0.15) is 18.2 Å². The Morgan fingerprint density at radius 1 is 1.21 bits per heavy atom. The van der Waals surface area contributed by atoms with Crippen LogP contribution in [-0.4, -0.2) is 4.98 Å². The quantitative estimate of drug-likeness (QED) is 0.921. The summed E-state index contributed by atoms with van der Waals surface area (Å²) in [7, 11) is 0. The number of ether oxygens (including phenoxy) is 1. The van der Waals surface area contributed by atoms with Gasteiger partial charge >= 0.3 is 0 Å². The number of anilines is 1. The summed E-state index contributed by atoms with van der Waals surface area (Å²) >= 11 is 0. The lowest BCUT2D eigenvalue weighted by molar-refractivity contribution is 0.300. The van der Waals surface area contributed by atoms with E-state index in [0.29, 0.717) is 17.9 Å². The smallest absolute Gasteiger partial charge is 0.131 e. The average Bonchev–Trinajstić information content (AvgIpc) is 2.39. The second-order valence-electron chi connectivity index (χ2n) is 4.63. The maximum Gasteiger partial charge on any atom is 0.131 e. The van der Waals surface area contributed by atoms with E-state index in [1.165, 1.54) is 6.07 Å². The molecular formula is C15H17FN2O. The number of aryl methyl sites for hydroxylation is 2. The Hall–Kier alpha value is -2.10. The molecule has 3 nitrogen and oxygen atoms in total. The van der Waals surface area contributed by atoms with Crippen LogP contribution in [0.4, 0.5) is 10.1 Å². The van der Waals surface area contributed by atoms with Crippen molar-refractivity contribution in [1.82, 2.24) is 4.98 Å². The van der Waals surface area contributed by atoms with Crippen molar-refractivity contribution in [2.75, 3.05) is 5.73 Å². The molecule has 2 rings (SSSR count). The van der Waals surface area contributed by atoms with E-state index in [4.69, 9.17) is 10.5 Å². The highest BCUT2D eigenvalue weighted by Gasteiger charge is 2.07. The molecule has 0 aliphatic rings. The van der Waals surface area contributed by atoms with Crippen LogP contribution >= 0.6 is 0 Å². The monoisotopic (exact) mass is 260 g/mol. The van der Waals surface area contributed by atoms with Crippen molar-refractivity contribution < 1.29 is 9.13 Å². The zero-order valence-electron chi connectivity index (χ0n) is 11.3. The van der Waals surface area contributed by atoms with Crippen LogP contribution in [0, 0.1) is 26.6 Å². The molecule has 0 atom stereocenters. The van der Waals surface area contributed by atoms with Crippen molar-refractivity contribution in [3.63, 3.8) is 0 Å². The van der Waals surface area contributed by atoms with Gasteiger partial charge in [-0.25, -0.2) is 4.39 Å². The summed E-state index contributed by atoms with van der Waals surface area (Å²) in [6.45, 7) is 5.87. The minimum atomic E-state index is -0.235. The molecule has 0 radical (unpaired) electrons. The topological polar surface area (TPSA) is 48.1 Å². The third-order valence-corrected chi connectivity index (χ3v) is 3.18. The summed E-state index contributed by atoms with van der Waals surface area (Å²) in [5.74, 6) is 0.389. The molecular weight excluding hydrogens is 243 g/mol. The predicted octanol–water partition coefficient (Wildman–Crippen LogP) is 3.31. The molecule has 2 N–H and O–H groups in total. The molecule has 1 aromatic heterocycles. The van der Waals surface area contributed by atoms with Gasteiger partial charge in [0.25, 0.3) is 0 Å². The Labute approximate surface area is 112 Å². The Morgan fingerprint density at radius 2 is 1.95 bits per heavy atom. The maximum atomic E-state index is 13.1. The molecule has 0 saturated carbocycles. The first-order valence-electron chi connectivity index (χ1n) is 6.08. The lowest BCUT2D eigenvalue weighted by Crippen LogP contribution is -2.05. The van der Waals surface area contributed by atoms with Crippen molar-refractivity contribution in [2.24, 2.45) is 0 Å². The van der Waals surface area contributed by atoms with Crippen molar-refractivity contribution in [3.8, 4) is 5.75 Å². The van der Waals surface area contributed by atoms with Crippen LogP contribution in [0.5, 0.6) is 5.75 Å². The van der Waals surface area contributed by atoms with Crippen LogP contribution in [0.15, 0.2) is 24.4 Å². The van der Waals surface area contributed by atoms with E-state index < -0.39 is 0 Å². The molecule has 19 heavy (non-hydrogen) atoms. The third kappa shape index (κ3) is 2.84. The van der Waals surface area contributed by atoms with Crippen LogP contribution in [-0.2, 0) is 6.61 Å². The van der Waals surface area contributed by atoms with E-state index in [1.54, 1.807) is 25.3 Å².